The van der Waals surface area contributed by atoms with Crippen molar-refractivity contribution in [1.29, 1.82) is 0 Å². The Bertz CT molecular complexity index is 1140. The van der Waals surface area contributed by atoms with Crippen LogP contribution in [0.4, 0.5) is 5.69 Å². The lowest BCUT2D eigenvalue weighted by atomic mass is 9.96. The van der Waals surface area contributed by atoms with E-state index in [9.17, 15) is 14.4 Å². The van der Waals surface area contributed by atoms with Crippen molar-refractivity contribution >= 4 is 40.3 Å². The van der Waals surface area contributed by atoms with Gasteiger partial charge in [-0.05, 0) is 55.9 Å². The first-order valence-corrected chi connectivity index (χ1v) is 13.2. The molecule has 1 saturated heterocycles. The van der Waals surface area contributed by atoms with E-state index in [1.807, 2.05) is 18.2 Å². The Labute approximate surface area is 209 Å². The van der Waals surface area contributed by atoms with Gasteiger partial charge in [0.05, 0.1) is 0 Å². The van der Waals surface area contributed by atoms with Crippen molar-refractivity contribution in [3.05, 3.63) is 65.7 Å². The molecule has 3 amide bonds. The van der Waals surface area contributed by atoms with Gasteiger partial charge in [0.2, 0.25) is 5.91 Å². The minimum absolute atomic E-state index is 0.0311. The molecule has 0 bridgehead atoms. The second-order valence-electron chi connectivity index (χ2n) is 9.55. The first kappa shape index (κ1) is 23.6. The highest BCUT2D eigenvalue weighted by atomic mass is 32.2. The van der Waals surface area contributed by atoms with Gasteiger partial charge in [0.25, 0.3) is 11.8 Å². The molecule has 2 N–H and O–H groups in total. The number of thioether (sulfide) groups is 1. The summed E-state index contributed by atoms with van der Waals surface area (Å²) in [5, 5.41) is 6.15. The van der Waals surface area contributed by atoms with E-state index >= 15 is 0 Å². The number of amidine groups is 1. The molecule has 0 spiro atoms. The zero-order valence-electron chi connectivity index (χ0n) is 19.7. The summed E-state index contributed by atoms with van der Waals surface area (Å²) in [5.41, 5.74) is 2.32. The SMILES string of the molecule is O=C(CC1SC(N2CCCCC2)=NC1=O)Nc1cccc(C(=O)NCC2(c3ccccc3)CC2)c1. The standard InChI is InChI=1S/C27H30N4O3S/c32-23(17-22-25(34)30-26(35-22)31-14-5-2-6-15-31)29-21-11-7-8-19(16-21)24(33)28-18-27(12-13-27)20-9-3-1-4-10-20/h1,3-4,7-11,16,22H,2,5-6,12-15,17-18H2,(H,28,33)(H,29,32). The first-order chi connectivity index (χ1) is 17.0. The summed E-state index contributed by atoms with van der Waals surface area (Å²) < 4.78 is 0. The van der Waals surface area contributed by atoms with E-state index in [2.05, 4.69) is 32.7 Å². The Balaban J connectivity index is 1.13. The van der Waals surface area contributed by atoms with Crippen LogP contribution in [0, 0.1) is 0 Å². The zero-order chi connectivity index (χ0) is 24.3. The third-order valence-electron chi connectivity index (χ3n) is 6.96. The fourth-order valence-corrected chi connectivity index (χ4v) is 5.83. The van der Waals surface area contributed by atoms with Gasteiger partial charge in [-0.2, -0.15) is 4.99 Å². The van der Waals surface area contributed by atoms with Crippen LogP contribution in [0.5, 0.6) is 0 Å². The van der Waals surface area contributed by atoms with Gasteiger partial charge in [-0.25, -0.2) is 0 Å². The van der Waals surface area contributed by atoms with Crippen molar-refractivity contribution < 1.29 is 14.4 Å². The number of benzene rings is 2. The lowest BCUT2D eigenvalue weighted by Crippen LogP contribution is -2.33. The van der Waals surface area contributed by atoms with Gasteiger partial charge < -0.3 is 15.5 Å². The second kappa shape index (κ2) is 10.2. The topological polar surface area (TPSA) is 90.9 Å². The highest BCUT2D eigenvalue weighted by molar-refractivity contribution is 8.15. The van der Waals surface area contributed by atoms with Crippen LogP contribution in [0.2, 0.25) is 0 Å². The maximum absolute atomic E-state index is 12.8. The molecular weight excluding hydrogens is 460 g/mol. The molecule has 2 fully saturated rings. The Morgan fingerprint density at radius 1 is 1.03 bits per heavy atom. The van der Waals surface area contributed by atoms with Crippen LogP contribution in [-0.2, 0) is 15.0 Å². The molecule has 8 heteroatoms. The number of likely N-dealkylation sites (tertiary alicyclic amines) is 1. The molecular formula is C27H30N4O3S. The fraction of sp³-hybridized carbons (Fsp3) is 0.407. The number of anilines is 1. The maximum Gasteiger partial charge on any atom is 0.262 e. The van der Waals surface area contributed by atoms with Crippen molar-refractivity contribution in [2.75, 3.05) is 25.0 Å². The van der Waals surface area contributed by atoms with E-state index in [1.165, 1.54) is 23.7 Å². The molecule has 1 saturated carbocycles. The summed E-state index contributed by atoms with van der Waals surface area (Å²) in [6, 6.07) is 17.2. The van der Waals surface area contributed by atoms with E-state index < -0.39 is 5.25 Å². The number of hydrogen-bond acceptors (Lipinski definition) is 5. The van der Waals surface area contributed by atoms with Crippen LogP contribution in [-0.4, -0.2) is 52.7 Å². The number of rotatable bonds is 7. The molecule has 2 aromatic rings. The van der Waals surface area contributed by atoms with E-state index in [1.54, 1.807) is 24.3 Å². The monoisotopic (exact) mass is 490 g/mol. The van der Waals surface area contributed by atoms with Crippen molar-refractivity contribution in [1.82, 2.24) is 10.2 Å². The maximum atomic E-state index is 12.8. The minimum Gasteiger partial charge on any atom is -0.351 e. The molecule has 1 aliphatic carbocycles. The smallest absolute Gasteiger partial charge is 0.262 e. The number of aliphatic imine (C=N–C) groups is 1. The molecule has 5 rings (SSSR count). The van der Waals surface area contributed by atoms with Gasteiger partial charge in [0.1, 0.15) is 5.25 Å². The molecule has 1 atom stereocenters. The first-order valence-electron chi connectivity index (χ1n) is 12.3. The van der Waals surface area contributed by atoms with Gasteiger partial charge >= 0.3 is 0 Å². The van der Waals surface area contributed by atoms with E-state index in [-0.39, 0.29) is 29.6 Å². The van der Waals surface area contributed by atoms with Crippen molar-refractivity contribution in [3.8, 4) is 0 Å². The number of nitrogens with one attached hydrogen (secondary N) is 2. The molecule has 3 aliphatic rings. The van der Waals surface area contributed by atoms with Gasteiger partial charge in [-0.15, -0.1) is 0 Å². The molecule has 35 heavy (non-hydrogen) atoms. The number of piperidine rings is 1. The Hall–Kier alpha value is -3.13. The van der Waals surface area contributed by atoms with E-state index in [0.29, 0.717) is 17.8 Å². The highest BCUT2D eigenvalue weighted by Gasteiger charge is 2.44. The average Bonchev–Trinajstić information content (AvgIpc) is 3.60. The predicted octanol–water partition coefficient (Wildman–Crippen LogP) is 3.96. The molecule has 0 radical (unpaired) electrons. The van der Waals surface area contributed by atoms with Crippen molar-refractivity contribution in [2.24, 2.45) is 4.99 Å². The Morgan fingerprint density at radius 3 is 2.54 bits per heavy atom. The molecule has 182 valence electrons. The van der Waals surface area contributed by atoms with E-state index in [0.717, 1.165) is 43.9 Å². The van der Waals surface area contributed by atoms with Crippen LogP contribution in [0.3, 0.4) is 0 Å². The quantitative estimate of drug-likeness (QED) is 0.613. The molecule has 2 aliphatic heterocycles. The van der Waals surface area contributed by atoms with Crippen LogP contribution in [0.15, 0.2) is 59.6 Å². The summed E-state index contributed by atoms with van der Waals surface area (Å²) >= 11 is 1.39. The van der Waals surface area contributed by atoms with Crippen LogP contribution >= 0.6 is 11.8 Å². The second-order valence-corrected chi connectivity index (χ2v) is 10.7. The molecule has 2 aromatic carbocycles. The number of carbonyl (C=O) groups excluding carboxylic acids is 3. The molecule has 2 heterocycles. The average molecular weight is 491 g/mol. The molecule has 1 unspecified atom stereocenters. The van der Waals surface area contributed by atoms with Gasteiger partial charge in [0, 0.05) is 42.7 Å². The van der Waals surface area contributed by atoms with Crippen LogP contribution in [0.25, 0.3) is 0 Å². The summed E-state index contributed by atoms with van der Waals surface area (Å²) in [7, 11) is 0. The number of amides is 3. The lowest BCUT2D eigenvalue weighted by Gasteiger charge is -2.27. The number of nitrogens with zero attached hydrogens (tertiary/aromatic N) is 2. The summed E-state index contributed by atoms with van der Waals surface area (Å²) in [4.78, 5) is 44.2. The zero-order valence-corrected chi connectivity index (χ0v) is 20.5. The summed E-state index contributed by atoms with van der Waals surface area (Å²) in [6.07, 6.45) is 5.61. The minimum atomic E-state index is -0.494. The highest BCUT2D eigenvalue weighted by Crippen LogP contribution is 2.47. The number of hydrogen-bond donors (Lipinski definition) is 2. The van der Waals surface area contributed by atoms with Gasteiger partial charge in [0.15, 0.2) is 5.17 Å². The van der Waals surface area contributed by atoms with Gasteiger partial charge in [-0.3, -0.25) is 14.4 Å². The number of carbonyl (C=O) groups is 3. The van der Waals surface area contributed by atoms with Crippen LogP contribution < -0.4 is 10.6 Å². The third-order valence-corrected chi connectivity index (χ3v) is 8.18. The largest absolute Gasteiger partial charge is 0.351 e. The molecule has 7 nitrogen and oxygen atoms in total. The predicted molar refractivity (Wildman–Crippen MR) is 139 cm³/mol. The summed E-state index contributed by atoms with van der Waals surface area (Å²) in [6.45, 7) is 2.42. The third kappa shape index (κ3) is 5.59. The fourth-order valence-electron chi connectivity index (χ4n) is 4.71. The normalized spacial score (nSPS) is 20.8. The van der Waals surface area contributed by atoms with Crippen LogP contribution in [0.1, 0.15) is 54.4 Å². The van der Waals surface area contributed by atoms with Gasteiger partial charge in [-0.1, -0.05) is 48.2 Å². The Morgan fingerprint density at radius 2 is 1.80 bits per heavy atom. The molecule has 0 aromatic heterocycles. The summed E-state index contributed by atoms with van der Waals surface area (Å²) in [5.74, 6) is -0.666. The lowest BCUT2D eigenvalue weighted by molar-refractivity contribution is -0.121. The Kier molecular flexibility index (Phi) is 6.90. The van der Waals surface area contributed by atoms with Crippen molar-refractivity contribution in [3.63, 3.8) is 0 Å². The van der Waals surface area contributed by atoms with Crippen molar-refractivity contribution in [2.45, 2.75) is 49.2 Å². The van der Waals surface area contributed by atoms with E-state index in [4.69, 9.17) is 0 Å².